The van der Waals surface area contributed by atoms with Gasteiger partial charge in [0, 0.05) is 0 Å². The SMILES string of the molecule is CC(C)[C@H]1CC(C)(C)C[C@]23O[C@]12C[C@@H](Cl)[C@]3(C)O. The van der Waals surface area contributed by atoms with Gasteiger partial charge in [0.05, 0.1) is 5.38 Å². The van der Waals surface area contributed by atoms with E-state index >= 15 is 0 Å². The van der Waals surface area contributed by atoms with E-state index in [0.717, 1.165) is 12.8 Å². The summed E-state index contributed by atoms with van der Waals surface area (Å²) in [6, 6.07) is 0. The van der Waals surface area contributed by atoms with Gasteiger partial charge in [-0.3, -0.25) is 0 Å². The molecule has 3 fully saturated rings. The molecule has 5 atom stereocenters. The second-order valence-electron chi connectivity index (χ2n) is 8.03. The quantitative estimate of drug-likeness (QED) is 0.587. The first-order valence-electron chi connectivity index (χ1n) is 7.15. The lowest BCUT2D eigenvalue weighted by atomic mass is 9.59. The summed E-state index contributed by atoms with van der Waals surface area (Å²) in [4.78, 5) is 0. The normalized spacial score (nSPS) is 57.3. The molecule has 0 radical (unpaired) electrons. The number of aliphatic hydroxyl groups is 1. The van der Waals surface area contributed by atoms with Gasteiger partial charge in [0.2, 0.25) is 0 Å². The predicted molar refractivity (Wildman–Crippen MR) is 72.8 cm³/mol. The van der Waals surface area contributed by atoms with Gasteiger partial charge in [-0.25, -0.2) is 0 Å². The molecule has 1 saturated heterocycles. The minimum Gasteiger partial charge on any atom is -0.385 e. The van der Waals surface area contributed by atoms with Gasteiger partial charge in [-0.2, -0.15) is 0 Å². The van der Waals surface area contributed by atoms with E-state index in [1.54, 1.807) is 0 Å². The fourth-order valence-electron chi connectivity index (χ4n) is 4.91. The van der Waals surface area contributed by atoms with Crippen LogP contribution >= 0.6 is 11.6 Å². The van der Waals surface area contributed by atoms with E-state index in [0.29, 0.717) is 11.8 Å². The molecular formula is C15H25ClO2. The van der Waals surface area contributed by atoms with Gasteiger partial charge >= 0.3 is 0 Å². The molecule has 1 aliphatic heterocycles. The largest absolute Gasteiger partial charge is 0.385 e. The van der Waals surface area contributed by atoms with Crippen molar-refractivity contribution in [2.24, 2.45) is 17.3 Å². The van der Waals surface area contributed by atoms with Gasteiger partial charge in [-0.15, -0.1) is 11.6 Å². The second-order valence-corrected chi connectivity index (χ2v) is 8.56. The van der Waals surface area contributed by atoms with Gasteiger partial charge in [-0.1, -0.05) is 27.7 Å². The predicted octanol–water partition coefficient (Wildman–Crippen LogP) is 3.35. The first kappa shape index (κ1) is 13.2. The van der Waals surface area contributed by atoms with Crippen molar-refractivity contribution in [1.29, 1.82) is 0 Å². The smallest absolute Gasteiger partial charge is 0.128 e. The lowest BCUT2D eigenvalue weighted by Gasteiger charge is -2.43. The van der Waals surface area contributed by atoms with Crippen molar-refractivity contribution in [1.82, 2.24) is 0 Å². The minimum atomic E-state index is -0.889. The van der Waals surface area contributed by atoms with Crippen LogP contribution in [0.3, 0.4) is 0 Å². The monoisotopic (exact) mass is 272 g/mol. The molecule has 0 bridgehead atoms. The van der Waals surface area contributed by atoms with E-state index in [4.69, 9.17) is 16.3 Å². The standard InChI is InChI=1S/C15H25ClO2/c1-9(2)10-6-12(3,4)8-15-13(5,17)11(16)7-14(10,15)18-15/h9-11,17H,6-8H2,1-5H3/t10-,11-,13+,14-,15-/m1/s1. The third kappa shape index (κ3) is 1.28. The Morgan fingerprint density at radius 1 is 1.22 bits per heavy atom. The Kier molecular flexibility index (Phi) is 2.40. The van der Waals surface area contributed by atoms with Crippen LogP contribution in [0.2, 0.25) is 0 Å². The summed E-state index contributed by atoms with van der Waals surface area (Å²) in [5.41, 5.74) is -1.20. The Bertz CT molecular complexity index is 390. The molecule has 0 amide bonds. The van der Waals surface area contributed by atoms with Crippen molar-refractivity contribution in [3.05, 3.63) is 0 Å². The van der Waals surface area contributed by atoms with E-state index in [-0.39, 0.29) is 22.0 Å². The molecule has 0 aromatic carbocycles. The average Bonchev–Trinajstić information content (AvgIpc) is 2.80. The van der Waals surface area contributed by atoms with Crippen LogP contribution in [-0.4, -0.2) is 27.3 Å². The Morgan fingerprint density at radius 3 is 2.39 bits per heavy atom. The summed E-state index contributed by atoms with van der Waals surface area (Å²) in [7, 11) is 0. The lowest BCUT2D eigenvalue weighted by molar-refractivity contribution is -0.0403. The van der Waals surface area contributed by atoms with Gasteiger partial charge < -0.3 is 9.84 Å². The second kappa shape index (κ2) is 3.27. The number of hydrogen-bond acceptors (Lipinski definition) is 2. The Balaban J connectivity index is 2.06. The molecule has 0 aromatic rings. The fraction of sp³-hybridized carbons (Fsp3) is 1.00. The molecule has 0 unspecified atom stereocenters. The molecule has 2 saturated carbocycles. The highest BCUT2D eigenvalue weighted by Crippen LogP contribution is 2.76. The van der Waals surface area contributed by atoms with Crippen LogP contribution in [0.4, 0.5) is 0 Å². The van der Waals surface area contributed by atoms with Crippen LogP contribution < -0.4 is 0 Å². The summed E-state index contributed by atoms with van der Waals surface area (Å²) in [6.45, 7) is 11.0. The molecule has 1 heterocycles. The van der Waals surface area contributed by atoms with Gasteiger partial charge in [-0.05, 0) is 43.4 Å². The van der Waals surface area contributed by atoms with Crippen LogP contribution in [0.5, 0.6) is 0 Å². The van der Waals surface area contributed by atoms with E-state index in [2.05, 4.69) is 27.7 Å². The number of rotatable bonds is 1. The number of epoxide rings is 1. The van der Waals surface area contributed by atoms with Crippen molar-refractivity contribution in [2.75, 3.05) is 0 Å². The van der Waals surface area contributed by atoms with Crippen molar-refractivity contribution in [3.63, 3.8) is 0 Å². The van der Waals surface area contributed by atoms with Crippen LogP contribution in [-0.2, 0) is 4.74 Å². The van der Waals surface area contributed by atoms with Crippen molar-refractivity contribution >= 4 is 11.6 Å². The maximum absolute atomic E-state index is 10.8. The molecule has 104 valence electrons. The number of alkyl halides is 1. The van der Waals surface area contributed by atoms with E-state index in [9.17, 15) is 5.11 Å². The summed E-state index contributed by atoms with van der Waals surface area (Å²) < 4.78 is 6.25. The lowest BCUT2D eigenvalue weighted by Crippen LogP contribution is -2.52. The summed E-state index contributed by atoms with van der Waals surface area (Å²) in [6.07, 6.45) is 2.91. The van der Waals surface area contributed by atoms with E-state index < -0.39 is 5.60 Å². The molecule has 0 spiro atoms. The zero-order chi connectivity index (χ0) is 13.6. The molecule has 2 nitrogen and oxygen atoms in total. The molecule has 3 aliphatic rings. The number of halogens is 1. The maximum atomic E-state index is 10.8. The fourth-order valence-corrected chi connectivity index (χ4v) is 5.32. The highest BCUT2D eigenvalue weighted by atomic mass is 35.5. The van der Waals surface area contributed by atoms with Gasteiger partial charge in [0.15, 0.2) is 0 Å². The van der Waals surface area contributed by atoms with Crippen LogP contribution in [0.1, 0.15) is 53.9 Å². The van der Waals surface area contributed by atoms with E-state index in [1.807, 2.05) is 6.92 Å². The third-order valence-electron chi connectivity index (χ3n) is 5.81. The number of hydrogen-bond donors (Lipinski definition) is 1. The molecule has 18 heavy (non-hydrogen) atoms. The first-order valence-corrected chi connectivity index (χ1v) is 7.58. The topological polar surface area (TPSA) is 32.8 Å². The van der Waals surface area contributed by atoms with Crippen molar-refractivity contribution in [3.8, 4) is 0 Å². The van der Waals surface area contributed by atoms with Crippen molar-refractivity contribution in [2.45, 2.75) is 76.1 Å². The Morgan fingerprint density at radius 2 is 1.83 bits per heavy atom. The van der Waals surface area contributed by atoms with Gasteiger partial charge in [0.25, 0.3) is 0 Å². The molecule has 2 aliphatic carbocycles. The first-order chi connectivity index (χ1) is 8.08. The zero-order valence-corrected chi connectivity index (χ0v) is 12.8. The highest BCUT2D eigenvalue weighted by molar-refractivity contribution is 6.22. The molecular weight excluding hydrogens is 248 g/mol. The zero-order valence-electron chi connectivity index (χ0n) is 12.1. The molecule has 1 N–H and O–H groups in total. The van der Waals surface area contributed by atoms with Crippen LogP contribution in [0, 0.1) is 17.3 Å². The van der Waals surface area contributed by atoms with Crippen LogP contribution in [0.25, 0.3) is 0 Å². The summed E-state index contributed by atoms with van der Waals surface area (Å²) in [5, 5.41) is 10.6. The molecule has 3 heteroatoms. The minimum absolute atomic E-state index is 0.146. The van der Waals surface area contributed by atoms with Crippen LogP contribution in [0.15, 0.2) is 0 Å². The molecule has 3 rings (SSSR count). The number of ether oxygens (including phenoxy) is 1. The Hall–Kier alpha value is 0.210. The summed E-state index contributed by atoms with van der Waals surface area (Å²) in [5.74, 6) is 1.08. The van der Waals surface area contributed by atoms with Crippen molar-refractivity contribution < 1.29 is 9.84 Å². The van der Waals surface area contributed by atoms with E-state index in [1.165, 1.54) is 6.42 Å². The Labute approximate surface area is 115 Å². The molecule has 0 aromatic heterocycles. The van der Waals surface area contributed by atoms with Gasteiger partial charge in [0.1, 0.15) is 16.8 Å². The highest BCUT2D eigenvalue weighted by Gasteiger charge is 2.87. The average molecular weight is 273 g/mol. The third-order valence-corrected chi connectivity index (χ3v) is 6.39. The maximum Gasteiger partial charge on any atom is 0.128 e. The summed E-state index contributed by atoms with van der Waals surface area (Å²) >= 11 is 6.43.